The lowest BCUT2D eigenvalue weighted by Gasteiger charge is -2.02. The van der Waals surface area contributed by atoms with E-state index in [-0.39, 0.29) is 11.7 Å². The maximum absolute atomic E-state index is 11.6. The third kappa shape index (κ3) is 2.07. The molecule has 8 heteroatoms. The average Bonchev–Trinajstić information content (AvgIpc) is 3.08. The van der Waals surface area contributed by atoms with E-state index in [0.717, 1.165) is 12.8 Å². The number of aromatic amines is 1. The molecule has 2 heterocycles. The topological polar surface area (TPSA) is 76.5 Å². The third-order valence-corrected chi connectivity index (χ3v) is 3.75. The van der Waals surface area contributed by atoms with Crippen LogP contribution in [0.4, 0.5) is 0 Å². The lowest BCUT2D eigenvalue weighted by Crippen LogP contribution is -2.16. The van der Waals surface area contributed by atoms with Gasteiger partial charge in [0.2, 0.25) is 0 Å². The molecule has 0 aromatic carbocycles. The SMILES string of the molecule is O=c1[nH]nc(Sc2nccnc2Cl)n1C1CC1. The minimum Gasteiger partial charge on any atom is -0.267 e. The lowest BCUT2D eigenvalue weighted by atomic mass is 10.7. The molecule has 6 nitrogen and oxygen atoms in total. The molecule has 0 atom stereocenters. The fourth-order valence-corrected chi connectivity index (χ4v) is 2.55. The van der Waals surface area contributed by atoms with Crippen molar-refractivity contribution in [1.82, 2.24) is 24.7 Å². The Hall–Kier alpha value is -1.34. The predicted molar refractivity (Wildman–Crippen MR) is 62.3 cm³/mol. The maximum atomic E-state index is 11.6. The summed E-state index contributed by atoms with van der Waals surface area (Å²) in [5.41, 5.74) is -0.185. The van der Waals surface area contributed by atoms with E-state index >= 15 is 0 Å². The normalized spacial score (nSPS) is 15.1. The fraction of sp³-hybridized carbons (Fsp3) is 0.333. The first-order valence-corrected chi connectivity index (χ1v) is 6.26. The van der Waals surface area contributed by atoms with Gasteiger partial charge < -0.3 is 0 Å². The van der Waals surface area contributed by atoms with Gasteiger partial charge in [0.25, 0.3) is 0 Å². The van der Waals surface area contributed by atoms with Crippen LogP contribution >= 0.6 is 23.4 Å². The first kappa shape index (κ1) is 10.8. The summed E-state index contributed by atoms with van der Waals surface area (Å²) in [5, 5.41) is 7.87. The summed E-state index contributed by atoms with van der Waals surface area (Å²) in [6.45, 7) is 0. The van der Waals surface area contributed by atoms with Crippen molar-refractivity contribution in [2.45, 2.75) is 29.1 Å². The molecule has 0 bridgehead atoms. The van der Waals surface area contributed by atoms with E-state index in [1.165, 1.54) is 18.0 Å². The quantitative estimate of drug-likeness (QED) is 0.914. The Balaban J connectivity index is 1.96. The van der Waals surface area contributed by atoms with Crippen LogP contribution in [0.5, 0.6) is 0 Å². The van der Waals surface area contributed by atoms with Crippen LogP contribution in [-0.2, 0) is 0 Å². The Morgan fingerprint density at radius 3 is 2.88 bits per heavy atom. The molecule has 88 valence electrons. The number of hydrogen-bond donors (Lipinski definition) is 1. The van der Waals surface area contributed by atoms with E-state index in [9.17, 15) is 4.79 Å². The van der Waals surface area contributed by atoms with Crippen molar-refractivity contribution in [3.05, 3.63) is 28.0 Å². The minimum absolute atomic E-state index is 0.185. The van der Waals surface area contributed by atoms with Gasteiger partial charge in [-0.1, -0.05) is 11.6 Å². The molecule has 1 aliphatic rings. The number of aromatic nitrogens is 5. The summed E-state index contributed by atoms with van der Waals surface area (Å²) in [4.78, 5) is 19.6. The van der Waals surface area contributed by atoms with Crippen molar-refractivity contribution in [2.24, 2.45) is 0 Å². The first-order valence-electron chi connectivity index (χ1n) is 5.07. The summed E-state index contributed by atoms with van der Waals surface area (Å²) < 4.78 is 1.65. The Kier molecular flexibility index (Phi) is 2.64. The van der Waals surface area contributed by atoms with Crippen LogP contribution in [0.2, 0.25) is 5.15 Å². The second-order valence-electron chi connectivity index (χ2n) is 3.67. The van der Waals surface area contributed by atoms with E-state index in [4.69, 9.17) is 11.6 Å². The molecule has 0 saturated heterocycles. The second kappa shape index (κ2) is 4.15. The molecular weight excluding hydrogens is 262 g/mol. The molecule has 0 amide bonds. The van der Waals surface area contributed by atoms with E-state index < -0.39 is 0 Å². The van der Waals surface area contributed by atoms with Crippen molar-refractivity contribution in [1.29, 1.82) is 0 Å². The van der Waals surface area contributed by atoms with Crippen molar-refractivity contribution in [3.63, 3.8) is 0 Å². The number of nitrogens with one attached hydrogen (secondary N) is 1. The van der Waals surface area contributed by atoms with E-state index in [1.807, 2.05) is 0 Å². The van der Waals surface area contributed by atoms with Crippen LogP contribution < -0.4 is 5.69 Å². The Labute approximate surface area is 105 Å². The summed E-state index contributed by atoms with van der Waals surface area (Å²) in [6, 6.07) is 0.263. The summed E-state index contributed by atoms with van der Waals surface area (Å²) in [7, 11) is 0. The van der Waals surface area contributed by atoms with Crippen LogP contribution in [-0.4, -0.2) is 24.7 Å². The largest absolute Gasteiger partial charge is 0.344 e. The molecule has 1 N–H and O–H groups in total. The molecular formula is C9H8ClN5OS. The van der Waals surface area contributed by atoms with Gasteiger partial charge in [-0.3, -0.25) is 4.57 Å². The van der Waals surface area contributed by atoms with Gasteiger partial charge in [-0.25, -0.2) is 19.9 Å². The van der Waals surface area contributed by atoms with Gasteiger partial charge in [0.1, 0.15) is 5.03 Å². The molecule has 2 aromatic rings. The minimum atomic E-state index is -0.185. The summed E-state index contributed by atoms with van der Waals surface area (Å²) in [5.74, 6) is 0. The van der Waals surface area contributed by atoms with Crippen LogP contribution in [0, 0.1) is 0 Å². The van der Waals surface area contributed by atoms with Crippen molar-refractivity contribution >= 4 is 23.4 Å². The highest BCUT2D eigenvalue weighted by atomic mass is 35.5. The van der Waals surface area contributed by atoms with Crippen LogP contribution in [0.25, 0.3) is 0 Å². The van der Waals surface area contributed by atoms with Crippen molar-refractivity contribution in [3.8, 4) is 0 Å². The Bertz CT molecular complexity index is 605. The summed E-state index contributed by atoms with van der Waals surface area (Å²) in [6.07, 6.45) is 5.10. The zero-order valence-corrected chi connectivity index (χ0v) is 10.2. The van der Waals surface area contributed by atoms with E-state index in [2.05, 4.69) is 20.2 Å². The van der Waals surface area contributed by atoms with Gasteiger partial charge in [0.15, 0.2) is 10.3 Å². The number of hydrogen-bond acceptors (Lipinski definition) is 5. The van der Waals surface area contributed by atoms with Gasteiger partial charge in [-0.2, -0.15) is 0 Å². The molecule has 0 unspecified atom stereocenters. The van der Waals surface area contributed by atoms with Gasteiger partial charge >= 0.3 is 5.69 Å². The molecule has 0 radical (unpaired) electrons. The monoisotopic (exact) mass is 269 g/mol. The second-order valence-corrected chi connectivity index (χ2v) is 4.98. The molecule has 2 aromatic heterocycles. The first-order chi connectivity index (χ1) is 8.25. The lowest BCUT2D eigenvalue weighted by molar-refractivity contribution is 0.642. The molecule has 3 rings (SSSR count). The van der Waals surface area contributed by atoms with Gasteiger partial charge in [0.05, 0.1) is 0 Å². The standard InChI is InChI=1S/C9H8ClN5OS/c10-6-7(12-4-3-11-6)17-9-14-13-8(16)15(9)5-1-2-5/h3-5H,1-2H2,(H,13,16). The van der Waals surface area contributed by atoms with Crippen molar-refractivity contribution < 1.29 is 0 Å². The van der Waals surface area contributed by atoms with Crippen molar-refractivity contribution in [2.75, 3.05) is 0 Å². The van der Waals surface area contributed by atoms with Gasteiger partial charge in [0, 0.05) is 18.4 Å². The predicted octanol–water partition coefficient (Wildman–Crippen LogP) is 1.50. The average molecular weight is 270 g/mol. The Morgan fingerprint density at radius 1 is 1.41 bits per heavy atom. The number of nitrogens with zero attached hydrogens (tertiary/aromatic N) is 4. The van der Waals surface area contributed by atoms with Crippen LogP contribution in [0.3, 0.4) is 0 Å². The fourth-order valence-electron chi connectivity index (χ4n) is 1.48. The zero-order chi connectivity index (χ0) is 11.8. The molecule has 0 spiro atoms. The molecule has 1 aliphatic carbocycles. The third-order valence-electron chi connectivity index (χ3n) is 2.39. The molecule has 1 fully saturated rings. The number of halogens is 1. The van der Waals surface area contributed by atoms with Gasteiger partial charge in [-0.15, -0.1) is 5.10 Å². The van der Waals surface area contributed by atoms with E-state index in [1.54, 1.807) is 10.8 Å². The summed E-state index contributed by atoms with van der Waals surface area (Å²) >= 11 is 7.15. The van der Waals surface area contributed by atoms with Crippen LogP contribution in [0.15, 0.2) is 27.4 Å². The smallest absolute Gasteiger partial charge is 0.267 e. The highest BCUT2D eigenvalue weighted by Crippen LogP contribution is 2.37. The number of rotatable bonds is 3. The van der Waals surface area contributed by atoms with Gasteiger partial charge in [-0.05, 0) is 24.6 Å². The highest BCUT2D eigenvalue weighted by Gasteiger charge is 2.29. The highest BCUT2D eigenvalue weighted by molar-refractivity contribution is 7.99. The molecule has 0 aliphatic heterocycles. The maximum Gasteiger partial charge on any atom is 0.344 e. The zero-order valence-electron chi connectivity index (χ0n) is 8.63. The van der Waals surface area contributed by atoms with E-state index in [0.29, 0.717) is 15.3 Å². The van der Waals surface area contributed by atoms with Crippen LogP contribution in [0.1, 0.15) is 18.9 Å². The molecule has 1 saturated carbocycles. The Morgan fingerprint density at radius 2 is 2.18 bits per heavy atom. The molecule has 17 heavy (non-hydrogen) atoms. The number of H-pyrrole nitrogens is 1.